The normalized spacial score (nSPS) is 18.4. The molecule has 0 radical (unpaired) electrons. The number of carbonyl (C=O) groups excluding carboxylic acids is 1. The van der Waals surface area contributed by atoms with Crippen LogP contribution in [-0.4, -0.2) is 11.4 Å². The maximum atomic E-state index is 12.4. The number of halogens is 1. The second-order valence-corrected chi connectivity index (χ2v) is 6.73. The van der Waals surface area contributed by atoms with Gasteiger partial charge in [0.05, 0.1) is 11.6 Å². The third-order valence-electron chi connectivity index (χ3n) is 4.65. The van der Waals surface area contributed by atoms with E-state index in [9.17, 15) is 4.79 Å². The molecule has 3 nitrogen and oxygen atoms in total. The summed E-state index contributed by atoms with van der Waals surface area (Å²) in [4.78, 5) is 12.4. The van der Waals surface area contributed by atoms with Crippen LogP contribution in [0.4, 0.5) is 0 Å². The van der Waals surface area contributed by atoms with Gasteiger partial charge in [0.15, 0.2) is 0 Å². The van der Waals surface area contributed by atoms with Gasteiger partial charge in [0.25, 0.3) is 0 Å². The summed E-state index contributed by atoms with van der Waals surface area (Å²) < 4.78 is 0. The Morgan fingerprint density at radius 1 is 1.05 bits per heavy atom. The monoisotopic (exact) mass is 324 g/mol. The van der Waals surface area contributed by atoms with Gasteiger partial charge in [-0.25, -0.2) is 0 Å². The van der Waals surface area contributed by atoms with Crippen LogP contribution >= 0.6 is 12.4 Å². The molecule has 3 N–H and O–H groups in total. The van der Waals surface area contributed by atoms with Crippen LogP contribution in [0.3, 0.4) is 0 Å². The van der Waals surface area contributed by atoms with Gasteiger partial charge in [-0.05, 0) is 36.8 Å². The molecular formula is C18H29ClN2O. The summed E-state index contributed by atoms with van der Waals surface area (Å²) in [7, 11) is 0. The van der Waals surface area contributed by atoms with Crippen molar-refractivity contribution in [2.75, 3.05) is 0 Å². The van der Waals surface area contributed by atoms with Gasteiger partial charge in [-0.15, -0.1) is 12.4 Å². The first-order chi connectivity index (χ1) is 9.92. The number of hydrogen-bond acceptors (Lipinski definition) is 2. The van der Waals surface area contributed by atoms with Gasteiger partial charge >= 0.3 is 0 Å². The molecule has 0 bridgehead atoms. The lowest BCUT2D eigenvalue weighted by Crippen LogP contribution is -2.55. The standard InChI is InChI=1S/C18H28N2O.ClH/c1-13(2)15-7-9-16(10-8-15)14(3)20-17(21)18(19)11-5-4-6-12-18;/h7-10,13-14H,4-6,11-12,19H2,1-3H3,(H,20,21);1H. The Labute approximate surface area is 140 Å². The first-order valence-corrected chi connectivity index (χ1v) is 8.12. The molecule has 0 spiro atoms. The Hall–Kier alpha value is -1.06. The molecule has 1 aromatic rings. The number of rotatable bonds is 4. The van der Waals surface area contributed by atoms with Crippen LogP contribution in [0.15, 0.2) is 24.3 Å². The van der Waals surface area contributed by atoms with Crippen LogP contribution in [0.1, 0.15) is 76.0 Å². The summed E-state index contributed by atoms with van der Waals surface area (Å²) in [5.74, 6) is 0.529. The van der Waals surface area contributed by atoms with E-state index in [0.29, 0.717) is 5.92 Å². The summed E-state index contributed by atoms with van der Waals surface area (Å²) in [6, 6.07) is 8.48. The van der Waals surface area contributed by atoms with Crippen LogP contribution in [0, 0.1) is 0 Å². The van der Waals surface area contributed by atoms with Crippen molar-refractivity contribution in [1.29, 1.82) is 0 Å². The zero-order valence-corrected chi connectivity index (χ0v) is 14.7. The smallest absolute Gasteiger partial charge is 0.240 e. The van der Waals surface area contributed by atoms with E-state index in [1.807, 2.05) is 6.92 Å². The molecular weight excluding hydrogens is 296 g/mol. The summed E-state index contributed by atoms with van der Waals surface area (Å²) >= 11 is 0. The largest absolute Gasteiger partial charge is 0.348 e. The van der Waals surface area contributed by atoms with Crippen molar-refractivity contribution < 1.29 is 4.79 Å². The summed E-state index contributed by atoms with van der Waals surface area (Å²) in [6.07, 6.45) is 4.91. The maximum absolute atomic E-state index is 12.4. The predicted octanol–water partition coefficient (Wildman–Crippen LogP) is 4.07. The lowest BCUT2D eigenvalue weighted by atomic mass is 9.81. The molecule has 124 valence electrons. The third-order valence-corrected chi connectivity index (χ3v) is 4.65. The highest BCUT2D eigenvalue weighted by atomic mass is 35.5. The first-order valence-electron chi connectivity index (χ1n) is 8.12. The van der Waals surface area contributed by atoms with Crippen molar-refractivity contribution in [1.82, 2.24) is 5.32 Å². The van der Waals surface area contributed by atoms with E-state index >= 15 is 0 Å². The maximum Gasteiger partial charge on any atom is 0.240 e. The third kappa shape index (κ3) is 4.47. The molecule has 1 aliphatic carbocycles. The zero-order valence-electron chi connectivity index (χ0n) is 13.9. The molecule has 1 unspecified atom stereocenters. The number of nitrogens with two attached hydrogens (primary N) is 1. The number of hydrogen-bond donors (Lipinski definition) is 2. The molecule has 0 aliphatic heterocycles. The van der Waals surface area contributed by atoms with Gasteiger partial charge < -0.3 is 11.1 Å². The fourth-order valence-corrected chi connectivity index (χ4v) is 3.00. The summed E-state index contributed by atoms with van der Waals surface area (Å²) in [5.41, 5.74) is 8.07. The van der Waals surface area contributed by atoms with Crippen molar-refractivity contribution >= 4 is 18.3 Å². The van der Waals surface area contributed by atoms with Gasteiger partial charge in [0.1, 0.15) is 0 Å². The highest BCUT2D eigenvalue weighted by Crippen LogP contribution is 2.27. The van der Waals surface area contributed by atoms with Crippen LogP contribution in [0.25, 0.3) is 0 Å². The topological polar surface area (TPSA) is 55.1 Å². The Kier molecular flexibility index (Phi) is 6.89. The van der Waals surface area contributed by atoms with E-state index in [1.54, 1.807) is 0 Å². The molecule has 0 heterocycles. The van der Waals surface area contributed by atoms with Crippen molar-refractivity contribution in [3.63, 3.8) is 0 Å². The average molecular weight is 325 g/mol. The molecule has 1 fully saturated rings. The molecule has 1 aromatic carbocycles. The van der Waals surface area contributed by atoms with Crippen molar-refractivity contribution in [2.45, 2.75) is 70.4 Å². The average Bonchev–Trinajstić information content (AvgIpc) is 2.48. The van der Waals surface area contributed by atoms with Gasteiger partial charge in [0, 0.05) is 0 Å². The van der Waals surface area contributed by atoms with E-state index in [-0.39, 0.29) is 24.4 Å². The highest BCUT2D eigenvalue weighted by molar-refractivity contribution is 5.86. The fourth-order valence-electron chi connectivity index (χ4n) is 3.00. The molecule has 1 saturated carbocycles. The lowest BCUT2D eigenvalue weighted by molar-refractivity contribution is -0.128. The summed E-state index contributed by atoms with van der Waals surface area (Å²) in [5, 5.41) is 3.09. The van der Waals surface area contributed by atoms with Crippen LogP contribution in [0.2, 0.25) is 0 Å². The lowest BCUT2D eigenvalue weighted by Gasteiger charge is -2.33. The van der Waals surface area contributed by atoms with E-state index in [1.165, 1.54) is 12.0 Å². The van der Waals surface area contributed by atoms with Gasteiger partial charge in [0.2, 0.25) is 5.91 Å². The van der Waals surface area contributed by atoms with Crippen LogP contribution in [-0.2, 0) is 4.79 Å². The Morgan fingerprint density at radius 3 is 2.05 bits per heavy atom. The van der Waals surface area contributed by atoms with E-state index in [4.69, 9.17) is 5.73 Å². The second-order valence-electron chi connectivity index (χ2n) is 6.73. The molecule has 0 aromatic heterocycles. The Morgan fingerprint density at radius 2 is 1.55 bits per heavy atom. The first kappa shape index (κ1) is 19.0. The Balaban J connectivity index is 0.00000242. The number of nitrogens with one attached hydrogen (secondary N) is 1. The van der Waals surface area contributed by atoms with E-state index in [0.717, 1.165) is 31.2 Å². The molecule has 22 heavy (non-hydrogen) atoms. The number of amides is 1. The molecule has 1 atom stereocenters. The minimum atomic E-state index is -0.662. The zero-order chi connectivity index (χ0) is 15.5. The van der Waals surface area contributed by atoms with Crippen LogP contribution < -0.4 is 11.1 Å². The molecule has 4 heteroatoms. The van der Waals surface area contributed by atoms with Crippen molar-refractivity contribution in [3.05, 3.63) is 35.4 Å². The minimum absolute atomic E-state index is 0. The molecule has 1 amide bonds. The van der Waals surface area contributed by atoms with E-state index < -0.39 is 5.54 Å². The number of benzene rings is 1. The SMILES string of the molecule is CC(C)c1ccc(C(C)NC(=O)C2(N)CCCCC2)cc1.Cl. The molecule has 1 aliphatic rings. The quantitative estimate of drug-likeness (QED) is 0.877. The van der Waals surface area contributed by atoms with Crippen molar-refractivity contribution in [3.8, 4) is 0 Å². The molecule has 0 saturated heterocycles. The minimum Gasteiger partial charge on any atom is -0.348 e. The van der Waals surface area contributed by atoms with E-state index in [2.05, 4.69) is 43.4 Å². The number of carbonyl (C=O) groups is 1. The fraction of sp³-hybridized carbons (Fsp3) is 0.611. The van der Waals surface area contributed by atoms with Crippen LogP contribution in [0.5, 0.6) is 0 Å². The van der Waals surface area contributed by atoms with Gasteiger partial charge in [-0.2, -0.15) is 0 Å². The molecule has 2 rings (SSSR count). The van der Waals surface area contributed by atoms with Gasteiger partial charge in [-0.3, -0.25) is 4.79 Å². The predicted molar refractivity (Wildman–Crippen MR) is 94.3 cm³/mol. The van der Waals surface area contributed by atoms with Gasteiger partial charge in [-0.1, -0.05) is 57.4 Å². The second kappa shape index (κ2) is 7.98. The Bertz CT molecular complexity index is 478. The summed E-state index contributed by atoms with van der Waals surface area (Å²) in [6.45, 7) is 6.39. The highest BCUT2D eigenvalue weighted by Gasteiger charge is 2.35. The van der Waals surface area contributed by atoms with Crippen molar-refractivity contribution in [2.24, 2.45) is 5.73 Å².